The van der Waals surface area contributed by atoms with Gasteiger partial charge >= 0.3 is 0 Å². The summed E-state index contributed by atoms with van der Waals surface area (Å²) in [5, 5.41) is 5.48. The lowest BCUT2D eigenvalue weighted by molar-refractivity contribution is -0.123. The second-order valence-electron chi connectivity index (χ2n) is 5.89. The summed E-state index contributed by atoms with van der Waals surface area (Å²) < 4.78 is 26.4. The zero-order valence-electron chi connectivity index (χ0n) is 12.6. The van der Waals surface area contributed by atoms with E-state index in [1.807, 2.05) is 20.8 Å². The summed E-state index contributed by atoms with van der Waals surface area (Å²) in [4.78, 5) is 15.9. The lowest BCUT2D eigenvalue weighted by Crippen LogP contribution is -2.27. The molecular weight excluding hydrogens is 288 g/mol. The minimum atomic E-state index is -0.702. The van der Waals surface area contributed by atoms with Crippen LogP contribution in [0.15, 0.2) is 36.5 Å². The Morgan fingerprint density at radius 3 is 2.41 bits per heavy atom. The van der Waals surface area contributed by atoms with Gasteiger partial charge in [0, 0.05) is 11.5 Å². The molecule has 0 radical (unpaired) electrons. The minimum absolute atomic E-state index is 0.125. The first-order chi connectivity index (χ1) is 10.3. The fraction of sp³-hybridized carbons (Fsp3) is 0.250. The number of rotatable bonds is 3. The Morgan fingerprint density at radius 2 is 1.86 bits per heavy atom. The van der Waals surface area contributed by atoms with Crippen molar-refractivity contribution in [2.75, 3.05) is 10.6 Å². The van der Waals surface area contributed by atoms with Gasteiger partial charge in [0.15, 0.2) is 0 Å². The Morgan fingerprint density at radius 1 is 1.14 bits per heavy atom. The molecule has 0 saturated heterocycles. The number of hydrogen-bond donors (Lipinski definition) is 2. The van der Waals surface area contributed by atoms with Crippen molar-refractivity contribution in [2.45, 2.75) is 20.8 Å². The van der Waals surface area contributed by atoms with Gasteiger partial charge in [-0.1, -0.05) is 20.8 Å². The van der Waals surface area contributed by atoms with E-state index in [0.717, 1.165) is 12.1 Å². The molecule has 2 N–H and O–H groups in total. The number of hydrogen-bond acceptors (Lipinski definition) is 3. The van der Waals surface area contributed by atoms with Crippen LogP contribution in [-0.2, 0) is 4.79 Å². The van der Waals surface area contributed by atoms with Gasteiger partial charge in [-0.15, -0.1) is 0 Å². The maximum atomic E-state index is 13.5. The van der Waals surface area contributed by atoms with E-state index in [9.17, 15) is 13.6 Å². The Kier molecular flexibility index (Phi) is 4.40. The Balaban J connectivity index is 2.07. The molecule has 0 atom stereocenters. The molecule has 2 rings (SSSR count). The molecule has 4 nitrogen and oxygen atoms in total. The summed E-state index contributed by atoms with van der Waals surface area (Å²) in [7, 11) is 0. The van der Waals surface area contributed by atoms with E-state index in [4.69, 9.17) is 0 Å². The van der Waals surface area contributed by atoms with E-state index < -0.39 is 17.0 Å². The molecular formula is C16H17F2N3O. The van der Waals surface area contributed by atoms with Crippen molar-refractivity contribution in [3.8, 4) is 0 Å². The van der Waals surface area contributed by atoms with E-state index in [1.54, 1.807) is 12.1 Å². The molecule has 1 aromatic carbocycles. The standard InChI is InChI=1S/C16H17F2N3O/c1-16(2,3)15(22)20-11-5-7-14(19-9-11)21-13-6-4-10(17)8-12(13)18/h4-9H,1-3H3,(H,19,21)(H,20,22). The zero-order valence-corrected chi connectivity index (χ0v) is 12.6. The first kappa shape index (κ1) is 15.9. The van der Waals surface area contributed by atoms with Crippen LogP contribution in [0.5, 0.6) is 0 Å². The summed E-state index contributed by atoms with van der Waals surface area (Å²) in [6.07, 6.45) is 1.47. The summed E-state index contributed by atoms with van der Waals surface area (Å²) in [6.45, 7) is 5.43. The highest BCUT2D eigenvalue weighted by molar-refractivity contribution is 5.94. The van der Waals surface area contributed by atoms with Gasteiger partial charge in [-0.05, 0) is 24.3 Å². The van der Waals surface area contributed by atoms with E-state index in [0.29, 0.717) is 11.5 Å². The Labute approximate surface area is 127 Å². The predicted molar refractivity (Wildman–Crippen MR) is 82.0 cm³/mol. The third-order valence-electron chi connectivity index (χ3n) is 2.90. The monoisotopic (exact) mass is 305 g/mol. The molecule has 0 unspecified atom stereocenters. The third-order valence-corrected chi connectivity index (χ3v) is 2.90. The molecule has 1 aromatic heterocycles. The van der Waals surface area contributed by atoms with Crippen LogP contribution in [-0.4, -0.2) is 10.9 Å². The highest BCUT2D eigenvalue weighted by atomic mass is 19.1. The lowest BCUT2D eigenvalue weighted by Gasteiger charge is -2.17. The maximum Gasteiger partial charge on any atom is 0.229 e. The second-order valence-corrected chi connectivity index (χ2v) is 5.89. The molecule has 0 aliphatic heterocycles. The van der Waals surface area contributed by atoms with Crippen molar-refractivity contribution in [2.24, 2.45) is 5.41 Å². The fourth-order valence-electron chi connectivity index (χ4n) is 1.59. The second kappa shape index (κ2) is 6.09. The van der Waals surface area contributed by atoms with E-state index in [1.165, 1.54) is 12.3 Å². The van der Waals surface area contributed by atoms with Gasteiger partial charge in [0.05, 0.1) is 17.6 Å². The molecule has 0 aliphatic carbocycles. The Hall–Kier alpha value is -2.50. The number of nitrogens with one attached hydrogen (secondary N) is 2. The molecule has 0 fully saturated rings. The highest BCUT2D eigenvalue weighted by Crippen LogP contribution is 2.21. The number of benzene rings is 1. The van der Waals surface area contributed by atoms with Crippen molar-refractivity contribution in [1.29, 1.82) is 0 Å². The molecule has 6 heteroatoms. The molecule has 1 heterocycles. The van der Waals surface area contributed by atoms with Gasteiger partial charge in [-0.2, -0.15) is 0 Å². The molecule has 0 spiro atoms. The van der Waals surface area contributed by atoms with E-state index >= 15 is 0 Å². The van der Waals surface area contributed by atoms with Crippen LogP contribution in [0.4, 0.5) is 26.0 Å². The molecule has 0 saturated carbocycles. The van der Waals surface area contributed by atoms with Crippen molar-refractivity contribution in [1.82, 2.24) is 4.98 Å². The third kappa shape index (κ3) is 4.00. The number of carbonyl (C=O) groups is 1. The normalized spacial score (nSPS) is 11.1. The number of anilines is 3. The zero-order chi connectivity index (χ0) is 16.3. The summed E-state index contributed by atoms with van der Waals surface area (Å²) in [5.74, 6) is -1.08. The van der Waals surface area contributed by atoms with E-state index in [-0.39, 0.29) is 11.6 Å². The number of nitrogens with zero attached hydrogens (tertiary/aromatic N) is 1. The highest BCUT2D eigenvalue weighted by Gasteiger charge is 2.21. The van der Waals surface area contributed by atoms with Crippen LogP contribution in [0.25, 0.3) is 0 Å². The average Bonchev–Trinajstić information content (AvgIpc) is 2.43. The van der Waals surface area contributed by atoms with Crippen LogP contribution in [0.2, 0.25) is 0 Å². The van der Waals surface area contributed by atoms with Gasteiger partial charge in [-0.25, -0.2) is 13.8 Å². The number of pyridine rings is 1. The summed E-state index contributed by atoms with van der Waals surface area (Å²) >= 11 is 0. The van der Waals surface area contributed by atoms with Crippen molar-refractivity contribution < 1.29 is 13.6 Å². The first-order valence-corrected chi connectivity index (χ1v) is 6.75. The van der Waals surface area contributed by atoms with Gasteiger partial charge in [0.25, 0.3) is 0 Å². The van der Waals surface area contributed by atoms with Crippen LogP contribution in [0, 0.1) is 17.0 Å². The number of carbonyl (C=O) groups excluding carboxylic acids is 1. The number of aromatic nitrogens is 1. The smallest absolute Gasteiger partial charge is 0.229 e. The van der Waals surface area contributed by atoms with E-state index in [2.05, 4.69) is 15.6 Å². The molecule has 0 aliphatic rings. The van der Waals surface area contributed by atoms with Crippen molar-refractivity contribution in [3.63, 3.8) is 0 Å². The molecule has 2 aromatic rings. The van der Waals surface area contributed by atoms with Gasteiger partial charge in [0.2, 0.25) is 5.91 Å². The fourth-order valence-corrected chi connectivity index (χ4v) is 1.59. The first-order valence-electron chi connectivity index (χ1n) is 6.75. The SMILES string of the molecule is CC(C)(C)C(=O)Nc1ccc(Nc2ccc(F)cc2F)nc1. The van der Waals surface area contributed by atoms with Gasteiger partial charge in [0.1, 0.15) is 17.5 Å². The van der Waals surface area contributed by atoms with Gasteiger partial charge < -0.3 is 10.6 Å². The van der Waals surface area contributed by atoms with Crippen LogP contribution < -0.4 is 10.6 Å². The topological polar surface area (TPSA) is 54.0 Å². The molecule has 1 amide bonds. The maximum absolute atomic E-state index is 13.5. The molecule has 0 bridgehead atoms. The van der Waals surface area contributed by atoms with Crippen LogP contribution >= 0.6 is 0 Å². The molecule has 116 valence electrons. The quantitative estimate of drug-likeness (QED) is 0.898. The average molecular weight is 305 g/mol. The Bertz CT molecular complexity index is 679. The van der Waals surface area contributed by atoms with Crippen LogP contribution in [0.1, 0.15) is 20.8 Å². The van der Waals surface area contributed by atoms with Crippen LogP contribution in [0.3, 0.4) is 0 Å². The lowest BCUT2D eigenvalue weighted by atomic mass is 9.96. The summed E-state index contributed by atoms with van der Waals surface area (Å²) in [6, 6.07) is 6.49. The van der Waals surface area contributed by atoms with Crippen molar-refractivity contribution in [3.05, 3.63) is 48.2 Å². The minimum Gasteiger partial charge on any atom is -0.338 e. The largest absolute Gasteiger partial charge is 0.338 e. The number of amides is 1. The number of halogens is 2. The van der Waals surface area contributed by atoms with Crippen molar-refractivity contribution >= 4 is 23.1 Å². The molecule has 22 heavy (non-hydrogen) atoms. The van der Waals surface area contributed by atoms with Gasteiger partial charge in [-0.3, -0.25) is 4.79 Å². The predicted octanol–water partition coefficient (Wildman–Crippen LogP) is 4.09. The summed E-state index contributed by atoms with van der Waals surface area (Å²) in [5.41, 5.74) is 0.166.